The summed E-state index contributed by atoms with van der Waals surface area (Å²) in [7, 11) is 0. The Kier molecular flexibility index (Phi) is 3.63. The van der Waals surface area contributed by atoms with E-state index in [1.165, 1.54) is 12.1 Å². The topological polar surface area (TPSA) is 95.2 Å². The molecule has 5 rings (SSSR count). The number of carbonyl (C=O) groups is 1. The molecule has 1 aromatic heterocycles. The second kappa shape index (κ2) is 5.84. The summed E-state index contributed by atoms with van der Waals surface area (Å²) in [5.74, 6) is 0.138. The summed E-state index contributed by atoms with van der Waals surface area (Å²) in [6, 6.07) is 13.5. The zero-order valence-electron chi connectivity index (χ0n) is 17.0. The van der Waals surface area contributed by atoms with Gasteiger partial charge < -0.3 is 4.74 Å². The normalized spacial score (nSPS) is 25.8. The van der Waals surface area contributed by atoms with Crippen molar-refractivity contribution in [3.05, 3.63) is 70.0 Å². The van der Waals surface area contributed by atoms with Crippen LogP contribution in [0.1, 0.15) is 45.0 Å². The predicted molar refractivity (Wildman–Crippen MR) is 110 cm³/mol. The highest BCUT2D eigenvalue weighted by Gasteiger charge is 2.74. The summed E-state index contributed by atoms with van der Waals surface area (Å²) in [5, 5.41) is 11.2. The van der Waals surface area contributed by atoms with Crippen LogP contribution in [0.3, 0.4) is 0 Å². The highest BCUT2D eigenvalue weighted by molar-refractivity contribution is 5.90. The van der Waals surface area contributed by atoms with Gasteiger partial charge in [0.05, 0.1) is 27.3 Å². The lowest BCUT2D eigenvalue weighted by molar-refractivity contribution is -0.384. The summed E-state index contributed by atoms with van der Waals surface area (Å²) < 4.78 is 5.82. The average molecular weight is 403 g/mol. The maximum atomic E-state index is 13.6. The molecule has 1 saturated carbocycles. The van der Waals surface area contributed by atoms with Crippen LogP contribution in [-0.4, -0.2) is 20.9 Å². The van der Waals surface area contributed by atoms with Crippen LogP contribution in [0, 0.1) is 15.5 Å². The average Bonchev–Trinajstić information content (AvgIpc) is 3.02. The molecule has 2 aliphatic rings. The van der Waals surface area contributed by atoms with Gasteiger partial charge in [-0.25, -0.2) is 9.97 Å². The number of nitro groups is 1. The highest BCUT2D eigenvalue weighted by atomic mass is 16.6. The number of esters is 1. The molecular formula is C23H21N3O4. The lowest BCUT2D eigenvalue weighted by Crippen LogP contribution is -2.48. The van der Waals surface area contributed by atoms with Gasteiger partial charge in [-0.15, -0.1) is 0 Å². The van der Waals surface area contributed by atoms with Crippen LogP contribution in [0.15, 0.2) is 48.5 Å². The fraction of sp³-hybridized carbons (Fsp3) is 0.348. The smallest absolute Gasteiger partial charge is 0.324 e. The number of rotatable bonds is 3. The number of fused-ring (bicyclic) bond motifs is 6. The van der Waals surface area contributed by atoms with Gasteiger partial charge in [-0.05, 0) is 36.5 Å². The van der Waals surface area contributed by atoms with Crippen LogP contribution >= 0.6 is 0 Å². The number of non-ortho nitro benzene ring substituents is 1. The third kappa shape index (κ3) is 2.12. The summed E-state index contributed by atoms with van der Waals surface area (Å²) in [6.07, 6.45) is 1.40. The molecule has 1 fully saturated rings. The third-order valence-electron chi connectivity index (χ3n) is 7.53. The van der Waals surface area contributed by atoms with Crippen molar-refractivity contribution in [3.8, 4) is 5.75 Å². The molecule has 152 valence electrons. The first-order valence-corrected chi connectivity index (χ1v) is 9.95. The number of nitrogens with zero attached hydrogens (tertiary/aromatic N) is 3. The Morgan fingerprint density at radius 2 is 1.70 bits per heavy atom. The van der Waals surface area contributed by atoms with E-state index < -0.39 is 15.8 Å². The molecule has 2 aromatic carbocycles. The number of carbonyl (C=O) groups excluding carboxylic acids is 1. The number of hydrogen-bond acceptors (Lipinski definition) is 6. The molecule has 7 heteroatoms. The molecule has 0 aliphatic heterocycles. The van der Waals surface area contributed by atoms with E-state index in [9.17, 15) is 14.9 Å². The molecule has 2 bridgehead atoms. The van der Waals surface area contributed by atoms with Crippen molar-refractivity contribution in [2.24, 2.45) is 5.41 Å². The minimum absolute atomic E-state index is 0.0497. The van der Waals surface area contributed by atoms with E-state index in [0.29, 0.717) is 28.9 Å². The molecule has 0 amide bonds. The molecular weight excluding hydrogens is 382 g/mol. The second-order valence-corrected chi connectivity index (χ2v) is 8.92. The van der Waals surface area contributed by atoms with Gasteiger partial charge in [0.25, 0.3) is 5.69 Å². The monoisotopic (exact) mass is 403 g/mol. The van der Waals surface area contributed by atoms with E-state index >= 15 is 0 Å². The van der Waals surface area contributed by atoms with Crippen LogP contribution in [0.4, 0.5) is 5.69 Å². The first kappa shape index (κ1) is 18.7. The Morgan fingerprint density at radius 3 is 2.40 bits per heavy atom. The van der Waals surface area contributed by atoms with E-state index in [2.05, 4.69) is 20.8 Å². The molecule has 30 heavy (non-hydrogen) atoms. The van der Waals surface area contributed by atoms with Crippen molar-refractivity contribution in [2.75, 3.05) is 0 Å². The predicted octanol–water partition coefficient (Wildman–Crippen LogP) is 4.47. The molecule has 2 atom stereocenters. The van der Waals surface area contributed by atoms with E-state index in [1.807, 2.05) is 18.2 Å². The van der Waals surface area contributed by atoms with Gasteiger partial charge in [0.15, 0.2) is 0 Å². The van der Waals surface area contributed by atoms with E-state index in [-0.39, 0.29) is 17.1 Å². The van der Waals surface area contributed by atoms with E-state index in [4.69, 9.17) is 14.7 Å². The van der Waals surface area contributed by atoms with Gasteiger partial charge in [0, 0.05) is 17.5 Å². The molecule has 3 aromatic rings. The number of aromatic nitrogens is 2. The zero-order chi connectivity index (χ0) is 21.3. The Morgan fingerprint density at radius 1 is 1.00 bits per heavy atom. The van der Waals surface area contributed by atoms with Crippen molar-refractivity contribution < 1.29 is 14.5 Å². The minimum atomic E-state index is -0.960. The maximum Gasteiger partial charge on any atom is 0.324 e. The highest BCUT2D eigenvalue weighted by Crippen LogP contribution is 2.70. The molecule has 0 radical (unpaired) electrons. The van der Waals surface area contributed by atoms with Gasteiger partial charge in [-0.2, -0.15) is 0 Å². The Balaban J connectivity index is 1.72. The lowest BCUT2D eigenvalue weighted by Gasteiger charge is -2.38. The fourth-order valence-corrected chi connectivity index (χ4v) is 5.34. The number of benzene rings is 2. The van der Waals surface area contributed by atoms with Crippen LogP contribution in [0.25, 0.3) is 11.0 Å². The Hall–Kier alpha value is -3.35. The van der Waals surface area contributed by atoms with E-state index in [1.54, 1.807) is 18.2 Å². The Bertz CT molecular complexity index is 1220. The summed E-state index contributed by atoms with van der Waals surface area (Å²) in [5.41, 5.74) is 0.570. The molecule has 0 spiro atoms. The fourth-order valence-electron chi connectivity index (χ4n) is 5.34. The third-order valence-corrected chi connectivity index (χ3v) is 7.53. The number of hydrogen-bond donors (Lipinski definition) is 0. The van der Waals surface area contributed by atoms with Crippen LogP contribution < -0.4 is 4.74 Å². The summed E-state index contributed by atoms with van der Waals surface area (Å²) in [6.45, 7) is 6.27. The molecule has 2 unspecified atom stereocenters. The van der Waals surface area contributed by atoms with Gasteiger partial charge in [-0.3, -0.25) is 14.9 Å². The van der Waals surface area contributed by atoms with Gasteiger partial charge in [0.1, 0.15) is 11.2 Å². The number of nitro benzene ring substituents is 1. The quantitative estimate of drug-likeness (QED) is 0.277. The number of para-hydroxylation sites is 1. The maximum absolute atomic E-state index is 13.6. The van der Waals surface area contributed by atoms with E-state index in [0.717, 1.165) is 12.1 Å². The lowest BCUT2D eigenvalue weighted by atomic mass is 9.64. The SMILES string of the molecule is CC12CCC(C(=O)Oc3ccccc3)(c3nc4cc([N+](=O)[O-])ccc4nc31)C2(C)C. The molecule has 7 nitrogen and oxygen atoms in total. The molecule has 0 N–H and O–H groups in total. The zero-order valence-corrected chi connectivity index (χ0v) is 17.0. The van der Waals surface area contributed by atoms with Gasteiger partial charge >= 0.3 is 5.97 Å². The Labute approximate surface area is 173 Å². The first-order chi connectivity index (χ1) is 14.2. The van der Waals surface area contributed by atoms with Gasteiger partial charge in [0.2, 0.25) is 0 Å². The van der Waals surface area contributed by atoms with Crippen LogP contribution in [-0.2, 0) is 15.6 Å². The van der Waals surface area contributed by atoms with Crippen molar-refractivity contribution in [3.63, 3.8) is 0 Å². The summed E-state index contributed by atoms with van der Waals surface area (Å²) in [4.78, 5) is 34.0. The van der Waals surface area contributed by atoms with Crippen molar-refractivity contribution in [1.29, 1.82) is 0 Å². The van der Waals surface area contributed by atoms with Crippen molar-refractivity contribution in [1.82, 2.24) is 9.97 Å². The van der Waals surface area contributed by atoms with Crippen molar-refractivity contribution >= 4 is 22.7 Å². The molecule has 0 saturated heterocycles. The largest absolute Gasteiger partial charge is 0.426 e. The standard InChI is InChI=1S/C23H21N3O4/c1-21(2)22(3)11-12-23(21,20(27)30-15-7-5-4-6-8-15)19-18(22)24-16-10-9-14(26(28)29)13-17(16)25-19/h4-10,13H,11-12H2,1-3H3. The van der Waals surface area contributed by atoms with Gasteiger partial charge in [-0.1, -0.05) is 39.0 Å². The molecule has 1 heterocycles. The summed E-state index contributed by atoms with van der Waals surface area (Å²) >= 11 is 0. The molecule has 2 aliphatic carbocycles. The second-order valence-electron chi connectivity index (χ2n) is 8.92. The van der Waals surface area contributed by atoms with Crippen LogP contribution in [0.2, 0.25) is 0 Å². The minimum Gasteiger partial charge on any atom is -0.426 e. The van der Waals surface area contributed by atoms with Crippen molar-refractivity contribution in [2.45, 2.75) is 44.4 Å². The first-order valence-electron chi connectivity index (χ1n) is 9.95. The number of ether oxygens (including phenoxy) is 1. The van der Waals surface area contributed by atoms with Crippen LogP contribution in [0.5, 0.6) is 5.75 Å².